The first kappa shape index (κ1) is 24.0. The minimum absolute atomic E-state index is 0.0216. The normalized spacial score (nSPS) is 18.3. The van der Waals surface area contributed by atoms with Gasteiger partial charge in [0.2, 0.25) is 0 Å². The predicted octanol–water partition coefficient (Wildman–Crippen LogP) is 3.25. The molecule has 3 aromatic heterocycles. The number of hydrogen-bond acceptors (Lipinski definition) is 10. The lowest BCUT2D eigenvalue weighted by molar-refractivity contribution is 0.0595. The number of rotatable bonds is 6. The Hall–Kier alpha value is -4.39. The lowest BCUT2D eigenvalue weighted by atomic mass is 10.1. The maximum absolute atomic E-state index is 15.3. The van der Waals surface area contributed by atoms with Gasteiger partial charge in [0, 0.05) is 26.8 Å². The molecule has 196 valence electrons. The Bertz CT molecular complexity index is 1580. The third-order valence-electron chi connectivity index (χ3n) is 6.93. The molecule has 13 heteroatoms. The van der Waals surface area contributed by atoms with E-state index in [4.69, 9.17) is 9.47 Å². The van der Waals surface area contributed by atoms with E-state index in [9.17, 15) is 4.79 Å². The molecule has 38 heavy (non-hydrogen) atoms. The number of benzene rings is 1. The van der Waals surface area contributed by atoms with Crippen molar-refractivity contribution >= 4 is 40.0 Å². The minimum Gasteiger partial charge on any atom is -0.464 e. The monoisotopic (exact) mass is 522 g/mol. The van der Waals surface area contributed by atoms with E-state index in [1.807, 2.05) is 11.9 Å². The molecule has 0 spiro atoms. The van der Waals surface area contributed by atoms with Crippen LogP contribution in [0.4, 0.5) is 31.8 Å². The highest BCUT2D eigenvalue weighted by Crippen LogP contribution is 2.37. The van der Waals surface area contributed by atoms with E-state index in [1.165, 1.54) is 19.2 Å². The van der Waals surface area contributed by atoms with E-state index in [0.29, 0.717) is 29.9 Å². The van der Waals surface area contributed by atoms with Crippen LogP contribution in [0.1, 0.15) is 16.9 Å². The molecule has 0 unspecified atom stereocenters. The predicted molar refractivity (Wildman–Crippen MR) is 136 cm³/mol. The van der Waals surface area contributed by atoms with Gasteiger partial charge in [-0.3, -0.25) is 4.98 Å². The van der Waals surface area contributed by atoms with Crippen LogP contribution >= 0.6 is 0 Å². The van der Waals surface area contributed by atoms with E-state index in [-0.39, 0.29) is 40.9 Å². The molecule has 2 bridgehead atoms. The smallest absolute Gasteiger partial charge is 0.360 e. The van der Waals surface area contributed by atoms with Crippen LogP contribution in [-0.4, -0.2) is 69.9 Å². The van der Waals surface area contributed by atoms with Crippen molar-refractivity contribution in [1.82, 2.24) is 24.5 Å². The van der Waals surface area contributed by atoms with E-state index >= 15 is 8.78 Å². The second-order valence-electron chi connectivity index (χ2n) is 9.15. The fourth-order valence-corrected chi connectivity index (χ4v) is 5.02. The molecule has 2 atom stereocenters. The van der Waals surface area contributed by atoms with Gasteiger partial charge in [-0.15, -0.1) is 0 Å². The number of aromatic nitrogens is 5. The lowest BCUT2D eigenvalue weighted by Gasteiger charge is -2.29. The average molecular weight is 523 g/mol. The SMILES string of the molecule is CNc1nc(Nc2ccc(N3C[C@@H]4C[C@H]3CO4)c(F)c2F)c(C(=O)OC)nc1-c1cncc2c1ncn2C. The molecular formula is C25H24F2N8O3. The van der Waals surface area contributed by atoms with Crippen LogP contribution in [0.3, 0.4) is 0 Å². The number of carbonyl (C=O) groups is 1. The van der Waals surface area contributed by atoms with Gasteiger partial charge in [0.1, 0.15) is 11.2 Å². The first-order valence-corrected chi connectivity index (χ1v) is 12.0. The Balaban J connectivity index is 1.41. The summed E-state index contributed by atoms with van der Waals surface area (Å²) in [6, 6.07) is 2.94. The number of carbonyl (C=O) groups excluding carboxylic acids is 1. The van der Waals surface area contributed by atoms with Gasteiger partial charge in [-0.25, -0.2) is 28.5 Å². The maximum atomic E-state index is 15.3. The molecule has 6 rings (SSSR count). The fourth-order valence-electron chi connectivity index (χ4n) is 5.02. The van der Waals surface area contributed by atoms with Crippen LogP contribution in [0.15, 0.2) is 30.9 Å². The number of ether oxygens (including phenoxy) is 2. The highest BCUT2D eigenvalue weighted by Gasteiger charge is 2.40. The largest absolute Gasteiger partial charge is 0.464 e. The van der Waals surface area contributed by atoms with Crippen molar-refractivity contribution in [2.45, 2.75) is 18.6 Å². The molecule has 5 heterocycles. The number of nitrogens with zero attached hydrogens (tertiary/aromatic N) is 6. The van der Waals surface area contributed by atoms with Crippen molar-refractivity contribution in [3.8, 4) is 11.3 Å². The number of morpholine rings is 1. The number of halogens is 2. The lowest BCUT2D eigenvalue weighted by Crippen LogP contribution is -2.37. The Kier molecular flexibility index (Phi) is 5.79. The Morgan fingerprint density at radius 2 is 2.03 bits per heavy atom. The van der Waals surface area contributed by atoms with Crippen molar-refractivity contribution in [3.05, 3.63) is 48.2 Å². The van der Waals surface area contributed by atoms with Crippen LogP contribution in [0, 0.1) is 11.6 Å². The molecule has 0 radical (unpaired) electrons. The number of methoxy groups -OCH3 is 1. The highest BCUT2D eigenvalue weighted by molar-refractivity contribution is 5.98. The molecule has 2 fully saturated rings. The van der Waals surface area contributed by atoms with Crippen LogP contribution in [-0.2, 0) is 16.5 Å². The number of imidazole rings is 1. The number of hydrogen-bond donors (Lipinski definition) is 2. The summed E-state index contributed by atoms with van der Waals surface area (Å²) in [7, 11) is 4.66. The summed E-state index contributed by atoms with van der Waals surface area (Å²) in [6.45, 7) is 1.00. The number of anilines is 4. The van der Waals surface area contributed by atoms with Crippen molar-refractivity contribution in [3.63, 3.8) is 0 Å². The molecule has 0 aliphatic carbocycles. The van der Waals surface area contributed by atoms with Gasteiger partial charge in [-0.1, -0.05) is 0 Å². The summed E-state index contributed by atoms with van der Waals surface area (Å²) >= 11 is 0. The summed E-state index contributed by atoms with van der Waals surface area (Å²) in [5.41, 5.74) is 1.94. The number of fused-ring (bicyclic) bond motifs is 3. The maximum Gasteiger partial charge on any atom is 0.360 e. The standard InChI is InChI=1S/C25H24F2N8O3/c1-28-23-21(14-7-29-8-17-20(14)30-11-34(17)2)32-22(25(36)37-3)24(33-23)31-15-4-5-16(19(27)18(15)26)35-9-13-6-12(35)10-38-13/h4-5,7-8,11-13H,6,9-10H2,1-3H3,(H2,28,31,33)/t12-,13-/m0/s1. The van der Waals surface area contributed by atoms with Crippen LogP contribution in [0.25, 0.3) is 22.3 Å². The number of pyridine rings is 1. The molecular weight excluding hydrogens is 498 g/mol. The van der Waals surface area contributed by atoms with Gasteiger partial charge in [-0.2, -0.15) is 0 Å². The zero-order chi connectivity index (χ0) is 26.6. The second-order valence-corrected chi connectivity index (χ2v) is 9.15. The van der Waals surface area contributed by atoms with Gasteiger partial charge in [0.05, 0.1) is 60.8 Å². The molecule has 2 saturated heterocycles. The summed E-state index contributed by atoms with van der Waals surface area (Å²) in [5, 5.41) is 5.68. The first-order chi connectivity index (χ1) is 18.4. The molecule has 0 saturated carbocycles. The van der Waals surface area contributed by atoms with Crippen molar-refractivity contribution < 1.29 is 23.0 Å². The molecule has 2 aliphatic rings. The Morgan fingerprint density at radius 1 is 1.18 bits per heavy atom. The third kappa shape index (κ3) is 3.77. The molecule has 11 nitrogen and oxygen atoms in total. The van der Waals surface area contributed by atoms with Crippen molar-refractivity contribution in [2.75, 3.05) is 42.8 Å². The molecule has 0 amide bonds. The van der Waals surface area contributed by atoms with Crippen molar-refractivity contribution in [1.29, 1.82) is 0 Å². The number of nitrogens with one attached hydrogen (secondary N) is 2. The quantitative estimate of drug-likeness (QED) is 0.365. The van der Waals surface area contributed by atoms with Gasteiger partial charge in [0.25, 0.3) is 0 Å². The van der Waals surface area contributed by atoms with Gasteiger partial charge < -0.3 is 29.6 Å². The van der Waals surface area contributed by atoms with E-state index < -0.39 is 17.6 Å². The van der Waals surface area contributed by atoms with Crippen LogP contribution in [0.5, 0.6) is 0 Å². The molecule has 2 N–H and O–H groups in total. The summed E-state index contributed by atoms with van der Waals surface area (Å²) in [5.74, 6) is -2.73. The topological polar surface area (TPSA) is 119 Å². The second kappa shape index (κ2) is 9.17. The Morgan fingerprint density at radius 3 is 2.74 bits per heavy atom. The van der Waals surface area contributed by atoms with Crippen LogP contribution in [0.2, 0.25) is 0 Å². The summed E-state index contributed by atoms with van der Waals surface area (Å²) < 4.78 is 42.7. The summed E-state index contributed by atoms with van der Waals surface area (Å²) in [4.78, 5) is 32.2. The van der Waals surface area contributed by atoms with E-state index in [1.54, 1.807) is 30.3 Å². The van der Waals surface area contributed by atoms with E-state index in [0.717, 1.165) is 11.9 Å². The van der Waals surface area contributed by atoms with Crippen LogP contribution < -0.4 is 15.5 Å². The molecule has 4 aromatic rings. The van der Waals surface area contributed by atoms with Crippen molar-refractivity contribution in [2.24, 2.45) is 7.05 Å². The van der Waals surface area contributed by atoms with Gasteiger partial charge in [0.15, 0.2) is 29.0 Å². The fraction of sp³-hybridized carbons (Fsp3) is 0.320. The van der Waals surface area contributed by atoms with Gasteiger partial charge >= 0.3 is 5.97 Å². The zero-order valence-corrected chi connectivity index (χ0v) is 20.8. The highest BCUT2D eigenvalue weighted by atomic mass is 19.2. The molecule has 1 aromatic carbocycles. The number of esters is 1. The molecule has 2 aliphatic heterocycles. The van der Waals surface area contributed by atoms with Gasteiger partial charge in [-0.05, 0) is 18.6 Å². The van der Waals surface area contributed by atoms with E-state index in [2.05, 4.69) is 30.6 Å². The zero-order valence-electron chi connectivity index (χ0n) is 20.8. The average Bonchev–Trinajstić information content (AvgIpc) is 3.67. The number of aryl methyl sites for hydroxylation is 1. The third-order valence-corrected chi connectivity index (χ3v) is 6.93. The Labute approximate surface area is 215 Å². The summed E-state index contributed by atoms with van der Waals surface area (Å²) in [6.07, 6.45) is 5.69. The first-order valence-electron chi connectivity index (χ1n) is 12.0. The minimum atomic E-state index is -1.10.